The molecule has 35 heavy (non-hydrogen) atoms. The van der Waals surface area contributed by atoms with Gasteiger partial charge in [-0.25, -0.2) is 0 Å². The van der Waals surface area contributed by atoms with Gasteiger partial charge in [0.2, 0.25) is 0 Å². The number of allylic oxidation sites excluding steroid dienone is 1. The van der Waals surface area contributed by atoms with Crippen molar-refractivity contribution in [3.8, 4) is 0 Å². The van der Waals surface area contributed by atoms with E-state index in [1.807, 2.05) is 0 Å². The van der Waals surface area contributed by atoms with Crippen molar-refractivity contribution in [3.05, 3.63) is 85.5 Å². The molecule has 0 radical (unpaired) electrons. The van der Waals surface area contributed by atoms with Crippen LogP contribution in [0.25, 0.3) is 0 Å². The number of halogens is 1. The van der Waals surface area contributed by atoms with E-state index in [0.29, 0.717) is 0 Å². The maximum absolute atomic E-state index is 3.90. The summed E-state index contributed by atoms with van der Waals surface area (Å²) in [5.41, 5.74) is 7.30. The summed E-state index contributed by atoms with van der Waals surface area (Å²) in [6, 6.07) is 18.7. The van der Waals surface area contributed by atoms with Crippen molar-refractivity contribution in [2.75, 3.05) is 12.4 Å². The first kappa shape index (κ1) is 26.8. The Hall–Kier alpha value is -1.24. The molecule has 0 aromatic heterocycles. The van der Waals surface area contributed by atoms with Crippen LogP contribution in [0.15, 0.2) is 68.8 Å². The molecular formula is C31H42IN2S-. The van der Waals surface area contributed by atoms with Crippen LogP contribution in [-0.4, -0.2) is 23.2 Å². The fraction of sp³-hybridized carbons (Fsp3) is 0.484. The average Bonchev–Trinajstić information content (AvgIpc) is 2.91. The molecule has 0 spiro atoms. The predicted octanol–water partition coefficient (Wildman–Crippen LogP) is 5.36. The third kappa shape index (κ3) is 8.40. The van der Waals surface area contributed by atoms with Crippen LogP contribution in [0.1, 0.15) is 74.5 Å². The first-order valence-electron chi connectivity index (χ1n) is 13.3. The maximum atomic E-state index is 3.90. The first-order chi connectivity index (χ1) is 17.2. The minimum absolute atomic E-state index is 0.0883. The summed E-state index contributed by atoms with van der Waals surface area (Å²) in [5, 5.41) is 4.59. The number of para-hydroxylation sites is 1. The number of hydrogen-bond acceptors (Lipinski definition) is 3. The number of nitrogens with zero attached hydrogens (tertiary/aromatic N) is 1. The SMILES string of the molecule is C=C[I-]C=C1CCC(SCc2ccccc2CNc2ccccc2CN(C)C2CCCCC2)CC1. The Bertz CT molecular complexity index is 956. The Morgan fingerprint density at radius 3 is 2.37 bits per heavy atom. The molecule has 0 atom stereocenters. The molecule has 0 aliphatic heterocycles. The third-order valence-corrected chi connectivity index (χ3v) is 10.7. The summed E-state index contributed by atoms with van der Waals surface area (Å²) < 4.78 is 4.61. The van der Waals surface area contributed by atoms with Gasteiger partial charge in [0, 0.05) is 12.6 Å². The standard InChI is InChI=1S/C31H42IN2S/c1-3-32-21-25-17-19-30(20-18-25)35-24-28-13-8-7-11-26(28)22-33-31-16-10-9-12-27(31)23-34(2)29-14-5-4-6-15-29/h3,7-13,16,21,29-30,33H,1,4-6,14-15,17-20,22-24H2,2H3/q-1. The van der Waals surface area contributed by atoms with Crippen LogP contribution in [0.3, 0.4) is 0 Å². The van der Waals surface area contributed by atoms with E-state index in [2.05, 4.69) is 92.3 Å². The minimum atomic E-state index is 0.0883. The summed E-state index contributed by atoms with van der Waals surface area (Å²) in [6.45, 7) is 5.81. The van der Waals surface area contributed by atoms with E-state index in [1.54, 1.807) is 5.57 Å². The number of hydrogen-bond donors (Lipinski definition) is 1. The second kappa shape index (κ2) is 14.5. The summed E-state index contributed by atoms with van der Waals surface area (Å²) in [7, 11) is 2.31. The Morgan fingerprint density at radius 2 is 1.63 bits per heavy atom. The number of nitrogens with one attached hydrogen (secondary N) is 1. The fourth-order valence-corrected chi connectivity index (χ4v) is 8.04. The van der Waals surface area contributed by atoms with Crippen LogP contribution in [0.5, 0.6) is 0 Å². The van der Waals surface area contributed by atoms with Crippen LogP contribution in [0, 0.1) is 0 Å². The Kier molecular flexibility index (Phi) is 11.1. The predicted molar refractivity (Wildman–Crippen MR) is 150 cm³/mol. The molecule has 4 rings (SSSR count). The number of thioether (sulfide) groups is 1. The molecule has 2 saturated carbocycles. The van der Waals surface area contributed by atoms with Gasteiger partial charge >= 0.3 is 143 Å². The zero-order valence-corrected chi connectivity index (χ0v) is 24.3. The van der Waals surface area contributed by atoms with Crippen molar-refractivity contribution in [2.45, 2.75) is 87.9 Å². The van der Waals surface area contributed by atoms with Crippen molar-refractivity contribution < 1.29 is 21.2 Å². The molecule has 2 fully saturated rings. The summed E-state index contributed by atoms with van der Waals surface area (Å²) in [4.78, 5) is 2.58. The Morgan fingerprint density at radius 1 is 0.943 bits per heavy atom. The molecule has 2 aliphatic carbocycles. The second-order valence-corrected chi connectivity index (χ2v) is 13.6. The molecule has 0 bridgehead atoms. The molecular weight excluding hydrogens is 559 g/mol. The van der Waals surface area contributed by atoms with Crippen LogP contribution in [-0.2, 0) is 18.8 Å². The van der Waals surface area contributed by atoms with E-state index in [4.69, 9.17) is 0 Å². The van der Waals surface area contributed by atoms with Gasteiger partial charge in [0.05, 0.1) is 0 Å². The van der Waals surface area contributed by atoms with Crippen LogP contribution >= 0.6 is 11.8 Å². The monoisotopic (exact) mass is 601 g/mol. The second-order valence-electron chi connectivity index (χ2n) is 10.0. The normalized spacial score (nSPS) is 19.1. The zero-order valence-electron chi connectivity index (χ0n) is 21.4. The van der Waals surface area contributed by atoms with Gasteiger partial charge in [-0.3, -0.25) is 4.90 Å². The first-order valence-corrected chi connectivity index (χ1v) is 16.9. The van der Waals surface area contributed by atoms with Gasteiger partial charge in [-0.1, -0.05) is 37.5 Å². The third-order valence-electron chi connectivity index (χ3n) is 7.58. The fourth-order valence-electron chi connectivity index (χ4n) is 5.39. The molecule has 2 aromatic rings. The Balaban J connectivity index is 1.31. The topological polar surface area (TPSA) is 15.3 Å². The molecule has 0 amide bonds. The molecule has 190 valence electrons. The van der Waals surface area contributed by atoms with Crippen molar-refractivity contribution in [1.82, 2.24) is 4.90 Å². The molecule has 0 saturated heterocycles. The number of benzene rings is 2. The van der Waals surface area contributed by atoms with Gasteiger partial charge < -0.3 is 0 Å². The van der Waals surface area contributed by atoms with E-state index in [9.17, 15) is 0 Å². The van der Waals surface area contributed by atoms with E-state index < -0.39 is 0 Å². The molecule has 4 heteroatoms. The number of anilines is 1. The van der Waals surface area contributed by atoms with E-state index in [-0.39, 0.29) is 21.2 Å². The molecule has 2 aromatic carbocycles. The molecule has 2 nitrogen and oxygen atoms in total. The van der Waals surface area contributed by atoms with Gasteiger partial charge in [0.25, 0.3) is 0 Å². The molecule has 0 heterocycles. The summed E-state index contributed by atoms with van der Waals surface area (Å²) >= 11 is 2.26. The van der Waals surface area contributed by atoms with E-state index in [0.717, 1.165) is 30.1 Å². The molecule has 1 N–H and O–H groups in total. The van der Waals surface area contributed by atoms with Gasteiger partial charge in [-0.2, -0.15) is 0 Å². The van der Waals surface area contributed by atoms with Gasteiger partial charge in [0.15, 0.2) is 0 Å². The molecule has 2 aliphatic rings. The van der Waals surface area contributed by atoms with Crippen LogP contribution in [0.4, 0.5) is 5.69 Å². The van der Waals surface area contributed by atoms with Crippen LogP contribution < -0.4 is 26.5 Å². The van der Waals surface area contributed by atoms with Crippen molar-refractivity contribution >= 4 is 17.4 Å². The van der Waals surface area contributed by atoms with Crippen molar-refractivity contribution in [1.29, 1.82) is 0 Å². The summed E-state index contributed by atoms with van der Waals surface area (Å²) in [5.74, 6) is 1.12. The molecule has 0 unspecified atom stereocenters. The van der Waals surface area contributed by atoms with Gasteiger partial charge in [0.1, 0.15) is 0 Å². The quantitative estimate of drug-likeness (QED) is 0.350. The zero-order chi connectivity index (χ0) is 24.3. The Labute approximate surface area is 228 Å². The van der Waals surface area contributed by atoms with E-state index in [1.165, 1.54) is 80.2 Å². The van der Waals surface area contributed by atoms with Gasteiger partial charge in [-0.15, -0.1) is 0 Å². The van der Waals surface area contributed by atoms with Crippen molar-refractivity contribution in [3.63, 3.8) is 0 Å². The summed E-state index contributed by atoms with van der Waals surface area (Å²) in [6.07, 6.45) is 12.1. The van der Waals surface area contributed by atoms with Gasteiger partial charge in [-0.05, 0) is 31.5 Å². The van der Waals surface area contributed by atoms with Crippen LogP contribution in [0.2, 0.25) is 0 Å². The average molecular weight is 602 g/mol. The van der Waals surface area contributed by atoms with E-state index >= 15 is 0 Å². The number of rotatable bonds is 11. The van der Waals surface area contributed by atoms with Crippen molar-refractivity contribution in [2.24, 2.45) is 0 Å².